The Balaban J connectivity index is 2.88. The largest absolute Gasteiger partial charge is 0.388 e. The van der Waals surface area contributed by atoms with E-state index in [0.29, 0.717) is 11.5 Å². The van der Waals surface area contributed by atoms with Gasteiger partial charge in [0.2, 0.25) is 5.91 Å². The van der Waals surface area contributed by atoms with E-state index in [9.17, 15) is 4.79 Å². The number of rotatable bonds is 4. The number of anilines is 1. The average Bonchev–Trinajstić information content (AvgIpc) is 2.28. The summed E-state index contributed by atoms with van der Waals surface area (Å²) >= 11 is 4.86. The minimum atomic E-state index is -0.421. The van der Waals surface area contributed by atoms with Crippen molar-refractivity contribution in [2.45, 2.75) is 13.0 Å². The third kappa shape index (κ3) is 3.35. The third-order valence-corrected chi connectivity index (χ3v) is 2.29. The number of carbonyl (C=O) groups is 1. The van der Waals surface area contributed by atoms with Crippen LogP contribution in [0.1, 0.15) is 12.6 Å². The molecule has 1 unspecified atom stereocenters. The molecule has 1 heterocycles. The van der Waals surface area contributed by atoms with Crippen LogP contribution in [-0.4, -0.2) is 45.9 Å². The van der Waals surface area contributed by atoms with Gasteiger partial charge in [0.25, 0.3) is 0 Å². The normalized spacial score (nSPS) is 11.7. The van der Waals surface area contributed by atoms with Gasteiger partial charge in [-0.3, -0.25) is 4.79 Å². The molecule has 0 saturated heterocycles. The van der Waals surface area contributed by atoms with Crippen LogP contribution in [0.25, 0.3) is 0 Å². The predicted octanol–water partition coefficient (Wildman–Crippen LogP) is -0.000600. The highest BCUT2D eigenvalue weighted by molar-refractivity contribution is 7.80. The maximum absolute atomic E-state index is 11.7. The SMILES string of the molecule is CC(Nc1nccnc1C(N)=S)C(=O)N(C)C. The van der Waals surface area contributed by atoms with Crippen molar-refractivity contribution in [3.05, 3.63) is 18.1 Å². The molecule has 0 bridgehead atoms. The molecule has 0 aliphatic carbocycles. The van der Waals surface area contributed by atoms with Crippen LogP contribution in [0.2, 0.25) is 0 Å². The van der Waals surface area contributed by atoms with E-state index in [4.69, 9.17) is 18.0 Å². The molecule has 0 spiro atoms. The van der Waals surface area contributed by atoms with Crippen molar-refractivity contribution >= 4 is 28.9 Å². The number of aromatic nitrogens is 2. The quantitative estimate of drug-likeness (QED) is 0.735. The highest BCUT2D eigenvalue weighted by Crippen LogP contribution is 2.10. The van der Waals surface area contributed by atoms with E-state index in [-0.39, 0.29) is 10.9 Å². The van der Waals surface area contributed by atoms with Crippen molar-refractivity contribution in [1.82, 2.24) is 14.9 Å². The number of hydrogen-bond acceptors (Lipinski definition) is 5. The Morgan fingerprint density at radius 2 is 2.06 bits per heavy atom. The fraction of sp³-hybridized carbons (Fsp3) is 0.400. The zero-order valence-corrected chi connectivity index (χ0v) is 10.8. The molecule has 7 heteroatoms. The van der Waals surface area contributed by atoms with Crippen molar-refractivity contribution < 1.29 is 4.79 Å². The van der Waals surface area contributed by atoms with Crippen LogP contribution in [0.3, 0.4) is 0 Å². The second kappa shape index (κ2) is 5.53. The second-order valence-electron chi connectivity index (χ2n) is 3.72. The molecule has 0 fully saturated rings. The van der Waals surface area contributed by atoms with Crippen LogP contribution >= 0.6 is 12.2 Å². The number of nitrogens with zero attached hydrogens (tertiary/aromatic N) is 3. The topological polar surface area (TPSA) is 84.1 Å². The molecular formula is C10H15N5OS. The first-order chi connectivity index (χ1) is 7.93. The molecule has 0 radical (unpaired) electrons. The van der Waals surface area contributed by atoms with Gasteiger partial charge in [-0.15, -0.1) is 0 Å². The smallest absolute Gasteiger partial charge is 0.244 e. The number of nitrogens with two attached hydrogens (primary N) is 1. The first-order valence-electron chi connectivity index (χ1n) is 5.02. The number of nitrogens with one attached hydrogen (secondary N) is 1. The summed E-state index contributed by atoms with van der Waals surface area (Å²) in [5.41, 5.74) is 5.91. The summed E-state index contributed by atoms with van der Waals surface area (Å²) in [6, 6.07) is -0.421. The van der Waals surface area contributed by atoms with Gasteiger partial charge in [0.05, 0.1) is 0 Å². The van der Waals surface area contributed by atoms with Crippen molar-refractivity contribution in [2.24, 2.45) is 5.73 Å². The minimum absolute atomic E-state index is 0.0652. The number of thiocarbonyl (C=S) groups is 1. The molecule has 3 N–H and O–H groups in total. The Morgan fingerprint density at radius 1 is 1.47 bits per heavy atom. The average molecular weight is 253 g/mol. The maximum Gasteiger partial charge on any atom is 0.244 e. The van der Waals surface area contributed by atoms with Crippen molar-refractivity contribution in [2.75, 3.05) is 19.4 Å². The van der Waals surface area contributed by atoms with Gasteiger partial charge in [-0.2, -0.15) is 0 Å². The fourth-order valence-electron chi connectivity index (χ4n) is 1.28. The highest BCUT2D eigenvalue weighted by Gasteiger charge is 2.17. The molecule has 0 aliphatic rings. The van der Waals surface area contributed by atoms with Crippen LogP contribution in [0.5, 0.6) is 0 Å². The predicted molar refractivity (Wildman–Crippen MR) is 69.7 cm³/mol. The molecule has 1 aromatic rings. The van der Waals surface area contributed by atoms with Gasteiger partial charge in [-0.05, 0) is 6.92 Å². The van der Waals surface area contributed by atoms with Gasteiger partial charge >= 0.3 is 0 Å². The monoisotopic (exact) mass is 253 g/mol. The van der Waals surface area contributed by atoms with E-state index in [1.54, 1.807) is 21.0 Å². The summed E-state index contributed by atoms with van der Waals surface area (Å²) in [7, 11) is 3.37. The second-order valence-corrected chi connectivity index (χ2v) is 4.16. The van der Waals surface area contributed by atoms with Crippen LogP contribution in [0, 0.1) is 0 Å². The van der Waals surface area contributed by atoms with Crippen LogP contribution in [0.15, 0.2) is 12.4 Å². The third-order valence-electron chi connectivity index (χ3n) is 2.10. The van der Waals surface area contributed by atoms with E-state index < -0.39 is 6.04 Å². The van der Waals surface area contributed by atoms with Crippen molar-refractivity contribution in [3.8, 4) is 0 Å². The number of hydrogen-bond donors (Lipinski definition) is 2. The Bertz CT molecular complexity index is 434. The van der Waals surface area contributed by atoms with E-state index in [1.807, 2.05) is 0 Å². The van der Waals surface area contributed by atoms with Crippen molar-refractivity contribution in [1.29, 1.82) is 0 Å². The molecule has 17 heavy (non-hydrogen) atoms. The summed E-state index contributed by atoms with van der Waals surface area (Å²) < 4.78 is 0. The molecule has 0 aliphatic heterocycles. The summed E-state index contributed by atoms with van der Waals surface area (Å²) in [4.78, 5) is 21.4. The van der Waals surface area contributed by atoms with Gasteiger partial charge in [0.15, 0.2) is 5.82 Å². The van der Waals surface area contributed by atoms with Crippen LogP contribution in [0.4, 0.5) is 5.82 Å². The lowest BCUT2D eigenvalue weighted by Gasteiger charge is -2.19. The molecule has 0 aromatic carbocycles. The molecule has 1 rings (SSSR count). The van der Waals surface area contributed by atoms with Gasteiger partial charge < -0.3 is 16.0 Å². The molecule has 1 aromatic heterocycles. The molecule has 6 nitrogen and oxygen atoms in total. The van der Waals surface area contributed by atoms with E-state index in [0.717, 1.165) is 0 Å². The Kier molecular flexibility index (Phi) is 4.33. The summed E-state index contributed by atoms with van der Waals surface area (Å²) in [5, 5.41) is 2.94. The van der Waals surface area contributed by atoms with Crippen LogP contribution in [-0.2, 0) is 4.79 Å². The first kappa shape index (κ1) is 13.3. The number of amides is 1. The lowest BCUT2D eigenvalue weighted by atomic mass is 10.3. The maximum atomic E-state index is 11.7. The summed E-state index contributed by atoms with van der Waals surface area (Å²) in [6.07, 6.45) is 3.01. The van der Waals surface area contributed by atoms with Crippen LogP contribution < -0.4 is 11.1 Å². The standard InChI is InChI=1S/C10H15N5OS/c1-6(10(16)15(2)3)14-9-7(8(11)17)12-4-5-13-9/h4-6H,1-3H3,(H2,11,17)(H,13,14). The number of carbonyl (C=O) groups excluding carboxylic acids is 1. The summed E-state index contributed by atoms with van der Waals surface area (Å²) in [6.45, 7) is 1.74. The van der Waals surface area contributed by atoms with Crippen molar-refractivity contribution in [3.63, 3.8) is 0 Å². The Hall–Kier alpha value is -1.76. The van der Waals surface area contributed by atoms with E-state index in [2.05, 4.69) is 15.3 Å². The highest BCUT2D eigenvalue weighted by atomic mass is 32.1. The Labute approximate surface area is 105 Å². The summed E-state index contributed by atoms with van der Waals surface area (Å²) in [5.74, 6) is 0.354. The molecule has 92 valence electrons. The molecular weight excluding hydrogens is 238 g/mol. The van der Waals surface area contributed by atoms with Gasteiger partial charge in [-0.25, -0.2) is 9.97 Å². The first-order valence-corrected chi connectivity index (χ1v) is 5.42. The lowest BCUT2D eigenvalue weighted by Crippen LogP contribution is -2.37. The lowest BCUT2D eigenvalue weighted by molar-refractivity contribution is -0.129. The van der Waals surface area contributed by atoms with Gasteiger partial charge in [-0.1, -0.05) is 12.2 Å². The van der Waals surface area contributed by atoms with Gasteiger partial charge in [0.1, 0.15) is 16.7 Å². The zero-order valence-electron chi connectivity index (χ0n) is 9.97. The fourth-order valence-corrected chi connectivity index (χ4v) is 1.43. The molecule has 1 amide bonds. The molecule has 0 saturated carbocycles. The van der Waals surface area contributed by atoms with Gasteiger partial charge in [0, 0.05) is 26.5 Å². The number of likely N-dealkylation sites (N-methyl/N-ethyl adjacent to an activating group) is 1. The zero-order chi connectivity index (χ0) is 13.0. The molecule has 1 atom stereocenters. The van der Waals surface area contributed by atoms with E-state index >= 15 is 0 Å². The Morgan fingerprint density at radius 3 is 2.59 bits per heavy atom. The minimum Gasteiger partial charge on any atom is -0.388 e. The van der Waals surface area contributed by atoms with E-state index in [1.165, 1.54) is 17.3 Å².